The van der Waals surface area contributed by atoms with E-state index in [4.69, 9.17) is 19.9 Å². The van der Waals surface area contributed by atoms with Crippen LogP contribution in [0.15, 0.2) is 146 Å². The molecule has 1 atom stereocenters. The van der Waals surface area contributed by atoms with Crippen LogP contribution in [0, 0.1) is 0 Å². The van der Waals surface area contributed by atoms with Gasteiger partial charge in [0.05, 0.1) is 16.6 Å². The molecule has 218 valence electrons. The Kier molecular flexibility index (Phi) is 6.16. The van der Waals surface area contributed by atoms with Gasteiger partial charge in [-0.25, -0.2) is 4.98 Å². The molecule has 9 rings (SSSR count). The van der Waals surface area contributed by atoms with Crippen molar-refractivity contribution in [3.8, 4) is 39.9 Å². The summed E-state index contributed by atoms with van der Waals surface area (Å²) in [5, 5.41) is 2.20. The molecular weight excluding hydrogens is 564 g/mol. The van der Waals surface area contributed by atoms with Crippen molar-refractivity contribution < 1.29 is 0 Å². The first kappa shape index (κ1) is 26.3. The van der Waals surface area contributed by atoms with Crippen molar-refractivity contribution in [3.63, 3.8) is 0 Å². The predicted molar refractivity (Wildman–Crippen MR) is 186 cm³/mol. The highest BCUT2D eigenvalue weighted by Gasteiger charge is 2.18. The number of hydrogen-bond acceptors (Lipinski definition) is 4. The number of benzene rings is 4. The molecule has 46 heavy (non-hydrogen) atoms. The third kappa shape index (κ3) is 4.50. The second kappa shape index (κ2) is 10.8. The summed E-state index contributed by atoms with van der Waals surface area (Å²) in [6.07, 6.45) is 13.6. The van der Waals surface area contributed by atoms with Gasteiger partial charge < -0.3 is 4.98 Å². The second-order valence-corrected chi connectivity index (χ2v) is 11.6. The molecule has 0 aliphatic heterocycles. The fourth-order valence-corrected chi connectivity index (χ4v) is 6.50. The van der Waals surface area contributed by atoms with Crippen LogP contribution in [-0.4, -0.2) is 29.5 Å². The number of nitrogens with one attached hydrogen (secondary N) is 1. The lowest BCUT2D eigenvalue weighted by Gasteiger charge is -2.15. The summed E-state index contributed by atoms with van der Waals surface area (Å²) >= 11 is 0. The van der Waals surface area contributed by atoms with Gasteiger partial charge in [-0.1, -0.05) is 109 Å². The van der Waals surface area contributed by atoms with Crippen LogP contribution in [0.2, 0.25) is 0 Å². The first-order valence-electron chi connectivity index (χ1n) is 15.5. The molecule has 6 heteroatoms. The fourth-order valence-electron chi connectivity index (χ4n) is 6.50. The van der Waals surface area contributed by atoms with Crippen LogP contribution in [0.1, 0.15) is 17.9 Å². The van der Waals surface area contributed by atoms with Crippen molar-refractivity contribution >= 4 is 32.8 Å². The number of pyridine rings is 1. The van der Waals surface area contributed by atoms with Crippen molar-refractivity contribution in [2.75, 3.05) is 0 Å². The van der Waals surface area contributed by atoms with Crippen LogP contribution >= 0.6 is 0 Å². The van der Waals surface area contributed by atoms with Crippen molar-refractivity contribution in [2.45, 2.75) is 12.3 Å². The largest absolute Gasteiger partial charge is 0.353 e. The van der Waals surface area contributed by atoms with Gasteiger partial charge >= 0.3 is 0 Å². The summed E-state index contributed by atoms with van der Waals surface area (Å²) in [6.45, 7) is 0. The molecule has 0 bridgehead atoms. The van der Waals surface area contributed by atoms with Crippen molar-refractivity contribution in [1.29, 1.82) is 0 Å². The maximum atomic E-state index is 5.12. The highest BCUT2D eigenvalue weighted by molar-refractivity contribution is 6.15. The lowest BCUT2D eigenvalue weighted by atomic mass is 9.91. The van der Waals surface area contributed by atoms with E-state index in [0.717, 1.165) is 61.5 Å². The summed E-state index contributed by atoms with van der Waals surface area (Å²) < 4.78 is 2.04. The summed E-state index contributed by atoms with van der Waals surface area (Å²) in [7, 11) is 0. The van der Waals surface area contributed by atoms with Gasteiger partial charge in [0, 0.05) is 45.7 Å². The minimum Gasteiger partial charge on any atom is -0.353 e. The number of aromatic nitrogens is 6. The Morgan fingerprint density at radius 2 is 1.41 bits per heavy atom. The van der Waals surface area contributed by atoms with Crippen molar-refractivity contribution in [3.05, 3.63) is 151 Å². The molecule has 0 saturated carbocycles. The Bertz CT molecular complexity index is 2470. The van der Waals surface area contributed by atoms with E-state index in [0.29, 0.717) is 23.5 Å². The van der Waals surface area contributed by atoms with Crippen LogP contribution in [0.5, 0.6) is 0 Å². The number of allylic oxidation sites excluding steroid dienone is 4. The molecule has 1 aliphatic carbocycles. The smallest absolute Gasteiger partial charge is 0.238 e. The topological polar surface area (TPSA) is 72.3 Å². The zero-order chi connectivity index (χ0) is 30.5. The van der Waals surface area contributed by atoms with Crippen LogP contribution in [0.3, 0.4) is 0 Å². The number of rotatable bonds is 5. The highest BCUT2D eigenvalue weighted by Crippen LogP contribution is 2.33. The van der Waals surface area contributed by atoms with Gasteiger partial charge in [0.1, 0.15) is 0 Å². The molecule has 8 aromatic rings. The molecule has 4 aromatic heterocycles. The Hall–Kier alpha value is -6.14. The number of fused-ring (bicyclic) bond motifs is 5. The van der Waals surface area contributed by atoms with E-state index >= 15 is 0 Å². The molecule has 1 unspecified atom stereocenters. The van der Waals surface area contributed by atoms with E-state index in [1.54, 1.807) is 0 Å². The fraction of sp³-hybridized carbons (Fsp3) is 0.0500. The third-order valence-electron chi connectivity index (χ3n) is 8.80. The van der Waals surface area contributed by atoms with Crippen LogP contribution in [0.25, 0.3) is 72.7 Å². The van der Waals surface area contributed by atoms with Crippen molar-refractivity contribution in [1.82, 2.24) is 29.5 Å². The van der Waals surface area contributed by atoms with E-state index in [-0.39, 0.29) is 0 Å². The van der Waals surface area contributed by atoms with Gasteiger partial charge in [-0.15, -0.1) is 0 Å². The zero-order valence-corrected chi connectivity index (χ0v) is 24.9. The first-order chi connectivity index (χ1) is 22.8. The molecule has 1 aliphatic rings. The van der Waals surface area contributed by atoms with E-state index < -0.39 is 0 Å². The standard InChI is InChI=1S/C40H28N6/c1-3-11-26(12-4-1)28-15-9-17-30(23-28)38-43-39(31-18-10-16-29(24-31)27-13-5-2-6-14-27)45-40(44-38)46-22-21-35-37(46)36-33(25-41-35)32-19-7-8-20-34(32)42-36/h1-13,15-25,27,42H,14H2. The normalized spacial score (nSPS) is 14.5. The number of H-pyrrole nitrogens is 1. The Morgan fingerprint density at radius 1 is 0.652 bits per heavy atom. The zero-order valence-electron chi connectivity index (χ0n) is 24.9. The molecule has 0 spiro atoms. The molecule has 0 saturated heterocycles. The lowest BCUT2D eigenvalue weighted by Crippen LogP contribution is -2.06. The summed E-state index contributed by atoms with van der Waals surface area (Å²) in [5.41, 5.74) is 9.24. The highest BCUT2D eigenvalue weighted by atomic mass is 15.2. The number of hydrogen-bond donors (Lipinski definition) is 1. The Labute approximate surface area is 265 Å². The number of para-hydroxylation sites is 1. The monoisotopic (exact) mass is 592 g/mol. The molecule has 4 aromatic carbocycles. The SMILES string of the molecule is C1=CCC(c2cccc(-c3nc(-c4cccc(-c5ccccc5)c4)nc(-n4ccc5ncc6c7ccccc7[nH]c6c54)n3)c2)C=C1. The average Bonchev–Trinajstić information content (AvgIpc) is 3.74. The van der Waals surface area contributed by atoms with Gasteiger partial charge in [-0.05, 0) is 47.4 Å². The Morgan fingerprint density at radius 3 is 2.26 bits per heavy atom. The van der Waals surface area contributed by atoms with Gasteiger partial charge in [-0.3, -0.25) is 9.55 Å². The van der Waals surface area contributed by atoms with Gasteiger partial charge in [0.2, 0.25) is 5.95 Å². The van der Waals surface area contributed by atoms with E-state index in [2.05, 4.69) is 120 Å². The summed E-state index contributed by atoms with van der Waals surface area (Å²) in [5.74, 6) is 2.10. The first-order valence-corrected chi connectivity index (χ1v) is 15.5. The minimum atomic E-state index is 0.322. The van der Waals surface area contributed by atoms with Crippen LogP contribution in [0.4, 0.5) is 0 Å². The van der Waals surface area contributed by atoms with E-state index in [1.165, 1.54) is 5.56 Å². The molecule has 1 N–H and O–H groups in total. The predicted octanol–water partition coefficient (Wildman–Crippen LogP) is 9.45. The van der Waals surface area contributed by atoms with Crippen LogP contribution < -0.4 is 0 Å². The molecule has 0 fully saturated rings. The maximum Gasteiger partial charge on any atom is 0.238 e. The molecule has 4 heterocycles. The lowest BCUT2D eigenvalue weighted by molar-refractivity contribution is 0.853. The summed E-state index contributed by atoms with van der Waals surface area (Å²) in [4.78, 5) is 23.8. The third-order valence-corrected chi connectivity index (χ3v) is 8.80. The second-order valence-electron chi connectivity index (χ2n) is 11.6. The summed E-state index contributed by atoms with van der Waals surface area (Å²) in [6, 6.07) is 37.7. The Balaban J connectivity index is 1.26. The number of aromatic amines is 1. The van der Waals surface area contributed by atoms with Gasteiger partial charge in [0.25, 0.3) is 0 Å². The van der Waals surface area contributed by atoms with E-state index in [9.17, 15) is 0 Å². The van der Waals surface area contributed by atoms with Crippen LogP contribution in [-0.2, 0) is 0 Å². The molecular formula is C40H28N6. The maximum absolute atomic E-state index is 5.12. The van der Waals surface area contributed by atoms with Gasteiger partial charge in [0.15, 0.2) is 11.6 Å². The minimum absolute atomic E-state index is 0.322. The van der Waals surface area contributed by atoms with Crippen molar-refractivity contribution in [2.24, 2.45) is 0 Å². The number of nitrogens with zero attached hydrogens (tertiary/aromatic N) is 5. The average molecular weight is 593 g/mol. The van der Waals surface area contributed by atoms with Gasteiger partial charge in [-0.2, -0.15) is 9.97 Å². The molecule has 0 radical (unpaired) electrons. The van der Waals surface area contributed by atoms with E-state index in [1.807, 2.05) is 35.2 Å². The molecule has 0 amide bonds. The molecule has 6 nitrogen and oxygen atoms in total. The quantitative estimate of drug-likeness (QED) is 0.216.